The first-order chi connectivity index (χ1) is 9.20. The molecule has 0 radical (unpaired) electrons. The van der Waals surface area contributed by atoms with E-state index < -0.39 is 0 Å². The van der Waals surface area contributed by atoms with Crippen molar-refractivity contribution in [2.75, 3.05) is 19.6 Å². The molecule has 3 atom stereocenters. The molecule has 2 aliphatic rings. The molecule has 2 fully saturated rings. The van der Waals surface area contributed by atoms with E-state index in [0.29, 0.717) is 12.5 Å². The van der Waals surface area contributed by atoms with Crippen molar-refractivity contribution in [2.45, 2.75) is 58.3 Å². The van der Waals surface area contributed by atoms with E-state index in [1.54, 1.807) is 0 Å². The van der Waals surface area contributed by atoms with Crippen LogP contribution in [0.15, 0.2) is 0 Å². The molecule has 0 spiro atoms. The largest absolute Gasteiger partial charge is 0.342 e. The van der Waals surface area contributed by atoms with Crippen LogP contribution in [0.1, 0.15) is 58.3 Å². The average Bonchev–Trinajstić information content (AvgIpc) is 2.45. The molecule has 1 saturated carbocycles. The fraction of sp³-hybridized carbons (Fsp3) is 0.938. The third-order valence-corrected chi connectivity index (χ3v) is 4.96. The highest BCUT2D eigenvalue weighted by molar-refractivity contribution is 5.79. The smallest absolute Gasteiger partial charge is 0.226 e. The minimum atomic E-state index is 0.0772. The molecule has 0 aromatic rings. The number of likely N-dealkylation sites (tertiary alicyclic amines) is 1. The highest BCUT2D eigenvalue weighted by atomic mass is 16.2. The Morgan fingerprint density at radius 3 is 2.58 bits per heavy atom. The van der Waals surface area contributed by atoms with E-state index in [2.05, 4.69) is 11.8 Å². The first kappa shape index (κ1) is 14.8. The quantitative estimate of drug-likeness (QED) is 0.850. The van der Waals surface area contributed by atoms with Gasteiger partial charge in [-0.3, -0.25) is 4.79 Å². The van der Waals surface area contributed by atoms with Gasteiger partial charge in [0.05, 0.1) is 5.92 Å². The molecule has 3 nitrogen and oxygen atoms in total. The Morgan fingerprint density at radius 1 is 1.21 bits per heavy atom. The Labute approximate surface area is 117 Å². The normalized spacial score (nSPS) is 30.1. The van der Waals surface area contributed by atoms with E-state index in [4.69, 9.17) is 5.73 Å². The minimum Gasteiger partial charge on any atom is -0.342 e. The molecular weight excluding hydrogens is 236 g/mol. The molecule has 3 unspecified atom stereocenters. The zero-order chi connectivity index (χ0) is 13.7. The molecule has 1 amide bonds. The van der Waals surface area contributed by atoms with Gasteiger partial charge in [0.25, 0.3) is 0 Å². The first-order valence-corrected chi connectivity index (χ1v) is 8.19. The fourth-order valence-corrected chi connectivity index (χ4v) is 3.85. The summed E-state index contributed by atoms with van der Waals surface area (Å²) in [5, 5.41) is 0. The van der Waals surface area contributed by atoms with Gasteiger partial charge in [0.15, 0.2) is 0 Å². The summed E-state index contributed by atoms with van der Waals surface area (Å²) in [7, 11) is 0. The predicted octanol–water partition coefficient (Wildman–Crippen LogP) is 2.79. The lowest BCUT2D eigenvalue weighted by atomic mass is 9.78. The monoisotopic (exact) mass is 266 g/mol. The van der Waals surface area contributed by atoms with Gasteiger partial charge in [-0.05, 0) is 43.9 Å². The molecule has 3 heteroatoms. The topological polar surface area (TPSA) is 46.3 Å². The summed E-state index contributed by atoms with van der Waals surface area (Å²) in [5.41, 5.74) is 5.88. The molecule has 0 aromatic heterocycles. The van der Waals surface area contributed by atoms with E-state index in [1.807, 2.05) is 0 Å². The number of carbonyl (C=O) groups excluding carboxylic acids is 1. The van der Waals surface area contributed by atoms with Crippen LogP contribution in [0.4, 0.5) is 0 Å². The zero-order valence-corrected chi connectivity index (χ0v) is 12.4. The summed E-state index contributed by atoms with van der Waals surface area (Å²) in [5.74, 6) is 1.97. The standard InChI is InChI=1S/C16H30N2O/c1-13-6-5-7-14(10-13)11-15(12-17)16(19)18-8-3-2-4-9-18/h13-15H,2-12,17H2,1H3. The Balaban J connectivity index is 1.85. The van der Waals surface area contributed by atoms with E-state index >= 15 is 0 Å². The van der Waals surface area contributed by atoms with Crippen LogP contribution >= 0.6 is 0 Å². The Hall–Kier alpha value is -0.570. The second-order valence-corrected chi connectivity index (χ2v) is 6.69. The summed E-state index contributed by atoms with van der Waals surface area (Å²) in [6, 6.07) is 0. The molecule has 110 valence electrons. The van der Waals surface area contributed by atoms with Crippen LogP contribution in [0.5, 0.6) is 0 Å². The number of nitrogens with two attached hydrogens (primary N) is 1. The van der Waals surface area contributed by atoms with Crippen LogP contribution in [0.2, 0.25) is 0 Å². The molecular formula is C16H30N2O. The highest BCUT2D eigenvalue weighted by Gasteiger charge is 2.28. The molecule has 19 heavy (non-hydrogen) atoms. The van der Waals surface area contributed by atoms with Gasteiger partial charge in [0.2, 0.25) is 5.91 Å². The highest BCUT2D eigenvalue weighted by Crippen LogP contribution is 2.33. The van der Waals surface area contributed by atoms with Crippen LogP contribution in [0.25, 0.3) is 0 Å². The number of nitrogens with zero attached hydrogens (tertiary/aromatic N) is 1. The SMILES string of the molecule is CC1CCCC(CC(CN)C(=O)N2CCCCC2)C1. The maximum atomic E-state index is 12.5. The summed E-state index contributed by atoms with van der Waals surface area (Å²) < 4.78 is 0. The van der Waals surface area contributed by atoms with Crippen molar-refractivity contribution in [3.8, 4) is 0 Å². The van der Waals surface area contributed by atoms with Crippen molar-refractivity contribution in [1.29, 1.82) is 0 Å². The number of piperidine rings is 1. The van der Waals surface area contributed by atoms with E-state index in [9.17, 15) is 4.79 Å². The van der Waals surface area contributed by atoms with E-state index in [-0.39, 0.29) is 5.92 Å². The van der Waals surface area contributed by atoms with E-state index in [0.717, 1.165) is 31.3 Å². The van der Waals surface area contributed by atoms with Gasteiger partial charge in [0.1, 0.15) is 0 Å². The Morgan fingerprint density at radius 2 is 1.95 bits per heavy atom. The maximum Gasteiger partial charge on any atom is 0.226 e. The lowest BCUT2D eigenvalue weighted by Crippen LogP contribution is -2.42. The van der Waals surface area contributed by atoms with Gasteiger partial charge in [-0.1, -0.05) is 26.2 Å². The minimum absolute atomic E-state index is 0.0772. The average molecular weight is 266 g/mol. The van der Waals surface area contributed by atoms with Crippen LogP contribution < -0.4 is 5.73 Å². The molecule has 1 aliphatic heterocycles. The summed E-state index contributed by atoms with van der Waals surface area (Å²) >= 11 is 0. The van der Waals surface area contributed by atoms with Crippen LogP contribution in [-0.2, 0) is 4.79 Å². The van der Waals surface area contributed by atoms with Gasteiger partial charge >= 0.3 is 0 Å². The van der Waals surface area contributed by atoms with Crippen LogP contribution in [-0.4, -0.2) is 30.4 Å². The van der Waals surface area contributed by atoms with Crippen molar-refractivity contribution in [3.05, 3.63) is 0 Å². The van der Waals surface area contributed by atoms with Gasteiger partial charge in [-0.25, -0.2) is 0 Å². The van der Waals surface area contributed by atoms with E-state index in [1.165, 1.54) is 44.9 Å². The third-order valence-electron chi connectivity index (χ3n) is 4.96. The molecule has 0 bridgehead atoms. The summed E-state index contributed by atoms with van der Waals surface area (Å²) in [4.78, 5) is 14.6. The van der Waals surface area contributed by atoms with Crippen LogP contribution in [0, 0.1) is 17.8 Å². The van der Waals surface area contributed by atoms with Gasteiger partial charge < -0.3 is 10.6 Å². The number of hydrogen-bond donors (Lipinski definition) is 1. The van der Waals surface area contributed by atoms with Crippen LogP contribution in [0.3, 0.4) is 0 Å². The molecule has 2 N–H and O–H groups in total. The summed E-state index contributed by atoms with van der Waals surface area (Å²) in [6.45, 7) is 4.78. The number of rotatable bonds is 4. The van der Waals surface area contributed by atoms with Crippen molar-refractivity contribution < 1.29 is 4.79 Å². The van der Waals surface area contributed by atoms with Gasteiger partial charge in [0, 0.05) is 19.6 Å². The molecule has 2 rings (SSSR count). The van der Waals surface area contributed by atoms with Gasteiger partial charge in [-0.15, -0.1) is 0 Å². The second kappa shape index (κ2) is 7.28. The number of hydrogen-bond acceptors (Lipinski definition) is 2. The number of carbonyl (C=O) groups is 1. The molecule has 1 heterocycles. The lowest BCUT2D eigenvalue weighted by Gasteiger charge is -2.33. The first-order valence-electron chi connectivity index (χ1n) is 8.19. The molecule has 1 aliphatic carbocycles. The fourth-order valence-electron chi connectivity index (χ4n) is 3.85. The lowest BCUT2D eigenvalue weighted by molar-refractivity contribution is -0.136. The summed E-state index contributed by atoms with van der Waals surface area (Å²) in [6.07, 6.45) is 9.93. The second-order valence-electron chi connectivity index (χ2n) is 6.69. The molecule has 0 aromatic carbocycles. The maximum absolute atomic E-state index is 12.5. The Bertz CT molecular complexity index is 286. The zero-order valence-electron chi connectivity index (χ0n) is 12.4. The van der Waals surface area contributed by atoms with Crippen molar-refractivity contribution in [1.82, 2.24) is 4.90 Å². The van der Waals surface area contributed by atoms with Crippen molar-refractivity contribution >= 4 is 5.91 Å². The predicted molar refractivity (Wildman–Crippen MR) is 78.7 cm³/mol. The van der Waals surface area contributed by atoms with Crippen molar-refractivity contribution in [2.24, 2.45) is 23.5 Å². The van der Waals surface area contributed by atoms with Crippen molar-refractivity contribution in [3.63, 3.8) is 0 Å². The third kappa shape index (κ3) is 4.20. The number of amides is 1. The van der Waals surface area contributed by atoms with Gasteiger partial charge in [-0.2, -0.15) is 0 Å². The molecule has 1 saturated heterocycles. The Kier molecular flexibility index (Phi) is 5.68.